The fraction of sp³-hybridized carbons (Fsp3) is 0.278. The summed E-state index contributed by atoms with van der Waals surface area (Å²) in [5.74, 6) is -0.156. The number of para-hydroxylation sites is 2. The maximum absolute atomic E-state index is 14.6. The van der Waals surface area contributed by atoms with Gasteiger partial charge < -0.3 is 19.7 Å². The molecular weight excluding hydrogens is 638 g/mol. The summed E-state index contributed by atoms with van der Waals surface area (Å²) < 4.78 is 40.4. The zero-order chi connectivity index (χ0) is 33.8. The van der Waals surface area contributed by atoms with E-state index >= 15 is 0 Å². The molecule has 0 saturated heterocycles. The van der Waals surface area contributed by atoms with Gasteiger partial charge in [-0.1, -0.05) is 79.5 Å². The van der Waals surface area contributed by atoms with Crippen LogP contribution in [-0.2, 0) is 32.6 Å². The molecule has 0 aliphatic rings. The van der Waals surface area contributed by atoms with E-state index in [1.165, 1.54) is 31.3 Å². The highest BCUT2D eigenvalue weighted by Gasteiger charge is 2.35. The molecule has 4 aromatic rings. The average Bonchev–Trinajstić information content (AvgIpc) is 3.09. The van der Waals surface area contributed by atoms with Gasteiger partial charge in [0.15, 0.2) is 0 Å². The van der Waals surface area contributed by atoms with Crippen molar-refractivity contribution >= 4 is 39.1 Å². The molecule has 248 valence electrons. The Labute approximate surface area is 282 Å². The van der Waals surface area contributed by atoms with Crippen molar-refractivity contribution in [3.8, 4) is 11.5 Å². The molecule has 0 fully saturated rings. The summed E-state index contributed by atoms with van der Waals surface area (Å²) in [7, 11) is -1.39. The van der Waals surface area contributed by atoms with Crippen LogP contribution in [0.1, 0.15) is 30.9 Å². The van der Waals surface area contributed by atoms with Crippen molar-refractivity contribution in [3.63, 3.8) is 0 Å². The van der Waals surface area contributed by atoms with Crippen LogP contribution < -0.4 is 19.1 Å². The summed E-state index contributed by atoms with van der Waals surface area (Å²) in [5, 5.41) is 3.51. The highest BCUT2D eigenvalue weighted by Crippen LogP contribution is 2.33. The minimum atomic E-state index is -4.31. The van der Waals surface area contributed by atoms with Gasteiger partial charge in [-0.05, 0) is 66.1 Å². The summed E-state index contributed by atoms with van der Waals surface area (Å²) in [4.78, 5) is 29.9. The summed E-state index contributed by atoms with van der Waals surface area (Å²) in [6.07, 6.45) is 1.88. The number of anilines is 1. The second-order valence-electron chi connectivity index (χ2n) is 10.9. The third-order valence-corrected chi connectivity index (χ3v) is 9.67. The summed E-state index contributed by atoms with van der Waals surface area (Å²) in [5.41, 5.74) is 1.76. The minimum absolute atomic E-state index is 0.0387. The molecular formula is C36H40ClN3O6S. The number of halogens is 1. The van der Waals surface area contributed by atoms with Crippen molar-refractivity contribution in [2.75, 3.05) is 31.6 Å². The number of benzene rings is 4. The summed E-state index contributed by atoms with van der Waals surface area (Å²) in [6.45, 7) is 1.91. The Morgan fingerprint density at radius 3 is 2.13 bits per heavy atom. The monoisotopic (exact) mass is 677 g/mol. The van der Waals surface area contributed by atoms with Crippen molar-refractivity contribution in [2.24, 2.45) is 0 Å². The number of carbonyl (C=O) groups is 2. The average molecular weight is 678 g/mol. The predicted octanol–water partition coefficient (Wildman–Crippen LogP) is 6.11. The van der Waals surface area contributed by atoms with Crippen molar-refractivity contribution in [3.05, 3.63) is 119 Å². The lowest BCUT2D eigenvalue weighted by Crippen LogP contribution is -2.53. The van der Waals surface area contributed by atoms with E-state index in [4.69, 9.17) is 21.1 Å². The summed E-state index contributed by atoms with van der Waals surface area (Å²) in [6, 6.07) is 28.0. The second kappa shape index (κ2) is 16.9. The van der Waals surface area contributed by atoms with E-state index in [1.807, 2.05) is 37.3 Å². The first-order chi connectivity index (χ1) is 22.7. The van der Waals surface area contributed by atoms with Gasteiger partial charge in [0.2, 0.25) is 11.8 Å². The molecule has 4 rings (SSSR count). The third-order valence-electron chi connectivity index (χ3n) is 7.65. The number of hydrogen-bond acceptors (Lipinski definition) is 6. The zero-order valence-electron chi connectivity index (χ0n) is 26.8. The SMILES string of the molecule is CCCCNC(=O)[C@@H](Cc1ccccc1)N(Cc1ccc(Cl)cc1)C(=O)CN(c1ccccc1OC)S(=O)(=O)c1ccc(OC)cc1. The molecule has 0 bridgehead atoms. The number of carbonyl (C=O) groups excluding carboxylic acids is 2. The Bertz CT molecular complexity index is 1720. The third kappa shape index (κ3) is 9.27. The Morgan fingerprint density at radius 2 is 1.49 bits per heavy atom. The molecule has 0 aromatic heterocycles. The van der Waals surface area contributed by atoms with Crippen LogP contribution in [0.25, 0.3) is 0 Å². The molecule has 0 spiro atoms. The molecule has 1 N–H and O–H groups in total. The van der Waals surface area contributed by atoms with Gasteiger partial charge in [0.1, 0.15) is 24.1 Å². The lowest BCUT2D eigenvalue weighted by molar-refractivity contribution is -0.140. The van der Waals surface area contributed by atoms with Crippen LogP contribution in [0.4, 0.5) is 5.69 Å². The van der Waals surface area contributed by atoms with Crippen LogP contribution in [0.5, 0.6) is 11.5 Å². The maximum atomic E-state index is 14.6. The Morgan fingerprint density at radius 1 is 0.830 bits per heavy atom. The standard InChI is InChI=1S/C36H40ClN3O6S/c1-4-5-23-38-36(42)33(24-27-11-7-6-8-12-27)39(25-28-15-17-29(37)18-16-28)35(41)26-40(32-13-9-10-14-34(32)46-3)47(43,44)31-21-19-30(45-2)20-22-31/h6-22,33H,4-5,23-26H2,1-3H3,(H,38,42)/t33-/m1/s1. The largest absolute Gasteiger partial charge is 0.497 e. The molecule has 11 heteroatoms. The van der Waals surface area contributed by atoms with Gasteiger partial charge in [0.25, 0.3) is 10.0 Å². The molecule has 0 radical (unpaired) electrons. The molecule has 0 aliphatic carbocycles. The predicted molar refractivity (Wildman–Crippen MR) is 184 cm³/mol. The lowest BCUT2D eigenvalue weighted by atomic mass is 10.0. The number of methoxy groups -OCH3 is 2. The van der Waals surface area contributed by atoms with Crippen LogP contribution in [-0.4, -0.2) is 58.5 Å². The first kappa shape index (κ1) is 35.3. The highest BCUT2D eigenvalue weighted by atomic mass is 35.5. The number of amides is 2. The van der Waals surface area contributed by atoms with E-state index in [-0.39, 0.29) is 35.2 Å². The molecule has 0 unspecified atom stereocenters. The van der Waals surface area contributed by atoms with Crippen LogP contribution in [0.15, 0.2) is 108 Å². The number of rotatable bonds is 16. The number of sulfonamides is 1. The molecule has 1 atom stereocenters. The van der Waals surface area contributed by atoms with Crippen molar-refractivity contribution in [2.45, 2.75) is 43.7 Å². The van der Waals surface area contributed by atoms with Gasteiger partial charge in [-0.25, -0.2) is 8.42 Å². The van der Waals surface area contributed by atoms with Crippen LogP contribution in [0.3, 0.4) is 0 Å². The fourth-order valence-electron chi connectivity index (χ4n) is 5.07. The smallest absolute Gasteiger partial charge is 0.264 e. The van der Waals surface area contributed by atoms with Crippen LogP contribution >= 0.6 is 11.6 Å². The van der Waals surface area contributed by atoms with E-state index < -0.39 is 28.5 Å². The van der Waals surface area contributed by atoms with E-state index in [9.17, 15) is 18.0 Å². The van der Waals surface area contributed by atoms with E-state index in [0.29, 0.717) is 17.3 Å². The molecule has 0 heterocycles. The number of unbranched alkanes of at least 4 members (excludes halogenated alkanes) is 1. The van der Waals surface area contributed by atoms with Crippen molar-refractivity contribution in [1.82, 2.24) is 10.2 Å². The quantitative estimate of drug-likeness (QED) is 0.144. The zero-order valence-corrected chi connectivity index (χ0v) is 28.3. The molecule has 47 heavy (non-hydrogen) atoms. The first-order valence-electron chi connectivity index (χ1n) is 15.3. The van der Waals surface area contributed by atoms with Gasteiger partial charge in [-0.2, -0.15) is 0 Å². The molecule has 2 amide bonds. The Hall–Kier alpha value is -4.54. The number of ether oxygens (including phenoxy) is 2. The molecule has 0 aliphatic heterocycles. The molecule has 0 saturated carbocycles. The molecule has 9 nitrogen and oxygen atoms in total. The van der Waals surface area contributed by atoms with Gasteiger partial charge >= 0.3 is 0 Å². The topological polar surface area (TPSA) is 105 Å². The van der Waals surface area contributed by atoms with Crippen molar-refractivity contribution in [1.29, 1.82) is 0 Å². The highest BCUT2D eigenvalue weighted by molar-refractivity contribution is 7.92. The maximum Gasteiger partial charge on any atom is 0.264 e. The Balaban J connectivity index is 1.81. The van der Waals surface area contributed by atoms with E-state index in [0.717, 1.165) is 28.3 Å². The van der Waals surface area contributed by atoms with Crippen LogP contribution in [0.2, 0.25) is 5.02 Å². The van der Waals surface area contributed by atoms with Gasteiger partial charge in [-0.3, -0.25) is 13.9 Å². The van der Waals surface area contributed by atoms with Gasteiger partial charge in [-0.15, -0.1) is 0 Å². The Kier molecular flexibility index (Phi) is 12.7. The normalized spacial score (nSPS) is 11.7. The second-order valence-corrected chi connectivity index (χ2v) is 13.2. The lowest BCUT2D eigenvalue weighted by Gasteiger charge is -2.34. The van der Waals surface area contributed by atoms with Gasteiger partial charge in [0, 0.05) is 24.5 Å². The van der Waals surface area contributed by atoms with Crippen LogP contribution in [0, 0.1) is 0 Å². The van der Waals surface area contributed by atoms with Crippen molar-refractivity contribution < 1.29 is 27.5 Å². The number of nitrogens with one attached hydrogen (secondary N) is 1. The van der Waals surface area contributed by atoms with E-state index in [1.54, 1.807) is 60.7 Å². The molecule has 4 aromatic carbocycles. The van der Waals surface area contributed by atoms with Gasteiger partial charge in [0.05, 0.1) is 24.8 Å². The first-order valence-corrected chi connectivity index (χ1v) is 17.1. The summed E-state index contributed by atoms with van der Waals surface area (Å²) >= 11 is 6.16. The number of nitrogens with zero attached hydrogens (tertiary/aromatic N) is 2. The van der Waals surface area contributed by atoms with E-state index in [2.05, 4.69) is 5.32 Å². The number of hydrogen-bond donors (Lipinski definition) is 1. The fourth-order valence-corrected chi connectivity index (χ4v) is 6.62. The minimum Gasteiger partial charge on any atom is -0.497 e.